The molecule has 0 aromatic heterocycles. The van der Waals surface area contributed by atoms with E-state index in [1.54, 1.807) is 50.6 Å². The third kappa shape index (κ3) is 5.50. The number of aliphatic carboxylic acids is 1. The number of fused-ring (bicyclic) bond motifs is 1. The monoisotopic (exact) mass is 568 g/mol. The number of hydrogen-bond donors (Lipinski definition) is 2. The van der Waals surface area contributed by atoms with Crippen LogP contribution in [0, 0.1) is 0 Å². The Labute approximate surface area is 243 Å². The van der Waals surface area contributed by atoms with E-state index in [1.165, 1.54) is 11.8 Å². The number of amides is 1. The van der Waals surface area contributed by atoms with Crippen LogP contribution in [0.3, 0.4) is 0 Å². The van der Waals surface area contributed by atoms with Crippen LogP contribution in [0.15, 0.2) is 78.0 Å². The van der Waals surface area contributed by atoms with Crippen LogP contribution in [0.5, 0.6) is 11.5 Å². The van der Waals surface area contributed by atoms with Crippen molar-refractivity contribution in [2.75, 3.05) is 24.4 Å². The Morgan fingerprint density at radius 3 is 2.26 bits per heavy atom. The fourth-order valence-electron chi connectivity index (χ4n) is 5.76. The van der Waals surface area contributed by atoms with Gasteiger partial charge in [0.2, 0.25) is 5.91 Å². The third-order valence-corrected chi connectivity index (χ3v) is 7.82. The molecule has 5 rings (SSSR count). The maximum Gasteiger partial charge on any atom is 0.303 e. The van der Waals surface area contributed by atoms with E-state index in [0.29, 0.717) is 51.7 Å². The zero-order chi connectivity index (χ0) is 30.0. The Hall–Kier alpha value is -4.92. The van der Waals surface area contributed by atoms with Gasteiger partial charge < -0.3 is 19.9 Å². The zero-order valence-electron chi connectivity index (χ0n) is 23.7. The van der Waals surface area contributed by atoms with E-state index in [9.17, 15) is 24.3 Å². The van der Waals surface area contributed by atoms with Gasteiger partial charge in [-0.25, -0.2) is 0 Å². The number of allylic oxidation sites excluding steroid dienone is 1. The van der Waals surface area contributed by atoms with Gasteiger partial charge >= 0.3 is 5.97 Å². The van der Waals surface area contributed by atoms with Crippen LogP contribution in [0.25, 0.3) is 0 Å². The van der Waals surface area contributed by atoms with Gasteiger partial charge in [0.1, 0.15) is 0 Å². The van der Waals surface area contributed by atoms with E-state index < -0.39 is 17.9 Å². The Bertz CT molecular complexity index is 1590. The van der Waals surface area contributed by atoms with Gasteiger partial charge in [0, 0.05) is 29.7 Å². The van der Waals surface area contributed by atoms with Gasteiger partial charge in [0.05, 0.1) is 38.1 Å². The van der Waals surface area contributed by atoms with Crippen LogP contribution in [0.1, 0.15) is 66.1 Å². The molecular formula is C33H32N2O7. The number of ketones is 2. The van der Waals surface area contributed by atoms with Crippen molar-refractivity contribution in [2.24, 2.45) is 0 Å². The summed E-state index contributed by atoms with van der Waals surface area (Å²) in [6.07, 6.45) is 0.106. The van der Waals surface area contributed by atoms with Gasteiger partial charge in [0.25, 0.3) is 0 Å². The Balaban J connectivity index is 1.66. The van der Waals surface area contributed by atoms with Gasteiger partial charge in [-0.3, -0.25) is 24.1 Å². The highest BCUT2D eigenvalue weighted by Crippen LogP contribution is 2.48. The molecule has 42 heavy (non-hydrogen) atoms. The molecule has 1 aliphatic carbocycles. The largest absolute Gasteiger partial charge is 0.493 e. The quantitative estimate of drug-likeness (QED) is 0.333. The lowest BCUT2D eigenvalue weighted by atomic mass is 9.78. The lowest BCUT2D eigenvalue weighted by Gasteiger charge is -2.35. The SMILES string of the molecule is COc1ccc([C@H]2CC(=O)C3=C(C2)Nc2ccccc2N(C(=O)CCC(=O)O)[C@@H]3c2ccc(C(C)=O)cc2)cc1OC. The number of hydrogen-bond acceptors (Lipinski definition) is 7. The topological polar surface area (TPSA) is 122 Å². The van der Waals surface area contributed by atoms with Gasteiger partial charge in [0.15, 0.2) is 23.1 Å². The number of para-hydroxylation sites is 2. The van der Waals surface area contributed by atoms with E-state index in [1.807, 2.05) is 30.3 Å². The lowest BCUT2D eigenvalue weighted by Crippen LogP contribution is -2.38. The van der Waals surface area contributed by atoms with Crippen molar-refractivity contribution in [1.82, 2.24) is 0 Å². The molecule has 1 amide bonds. The number of Topliss-reactive ketones (excluding diaryl/α,β-unsaturated/α-hetero) is 2. The molecule has 0 bridgehead atoms. The molecule has 216 valence electrons. The number of anilines is 2. The van der Waals surface area contributed by atoms with Crippen LogP contribution >= 0.6 is 0 Å². The summed E-state index contributed by atoms with van der Waals surface area (Å²) in [5, 5.41) is 12.8. The van der Waals surface area contributed by atoms with E-state index in [2.05, 4.69) is 5.32 Å². The summed E-state index contributed by atoms with van der Waals surface area (Å²) in [6.45, 7) is 1.47. The van der Waals surface area contributed by atoms with Crippen LogP contribution in [0.2, 0.25) is 0 Å². The number of rotatable bonds is 8. The van der Waals surface area contributed by atoms with Crippen molar-refractivity contribution in [3.05, 3.63) is 94.7 Å². The third-order valence-electron chi connectivity index (χ3n) is 7.82. The highest BCUT2D eigenvalue weighted by atomic mass is 16.5. The minimum atomic E-state index is -1.08. The minimum Gasteiger partial charge on any atom is -0.493 e. The first-order valence-corrected chi connectivity index (χ1v) is 13.7. The first-order chi connectivity index (χ1) is 20.2. The van der Waals surface area contributed by atoms with Crippen molar-refractivity contribution >= 4 is 34.8 Å². The van der Waals surface area contributed by atoms with Crippen molar-refractivity contribution in [3.63, 3.8) is 0 Å². The average molecular weight is 569 g/mol. The predicted octanol–water partition coefficient (Wildman–Crippen LogP) is 5.67. The standard InChI is InChI=1S/C33H32N2O7/c1-19(36)20-8-10-21(11-9-20)33-32-25(16-23(17-27(32)37)22-12-13-28(41-2)29(18-22)42-3)34-24-6-4-5-7-26(24)35(33)30(38)14-15-31(39)40/h4-13,18,23,33-34H,14-17H2,1-3H3,(H,39,40)/t23-,33-/m1/s1. The van der Waals surface area contributed by atoms with Crippen LogP contribution in [-0.4, -0.2) is 42.8 Å². The maximum absolute atomic E-state index is 14.1. The Morgan fingerprint density at radius 1 is 0.905 bits per heavy atom. The predicted molar refractivity (Wildman–Crippen MR) is 157 cm³/mol. The summed E-state index contributed by atoms with van der Waals surface area (Å²) in [7, 11) is 3.13. The van der Waals surface area contributed by atoms with Gasteiger partial charge in [-0.15, -0.1) is 0 Å². The second-order valence-corrected chi connectivity index (χ2v) is 10.4. The van der Waals surface area contributed by atoms with E-state index in [-0.39, 0.29) is 36.7 Å². The van der Waals surface area contributed by atoms with E-state index >= 15 is 0 Å². The summed E-state index contributed by atoms with van der Waals surface area (Å²) in [4.78, 5) is 52.9. The summed E-state index contributed by atoms with van der Waals surface area (Å²) < 4.78 is 10.9. The number of benzene rings is 3. The molecule has 2 N–H and O–H groups in total. The molecule has 2 aliphatic rings. The molecule has 2 atom stereocenters. The summed E-state index contributed by atoms with van der Waals surface area (Å²) >= 11 is 0. The van der Waals surface area contributed by atoms with Crippen molar-refractivity contribution in [3.8, 4) is 11.5 Å². The van der Waals surface area contributed by atoms with Crippen LogP contribution in [0.4, 0.5) is 11.4 Å². The van der Waals surface area contributed by atoms with Crippen molar-refractivity contribution in [1.29, 1.82) is 0 Å². The molecule has 0 saturated carbocycles. The second-order valence-electron chi connectivity index (χ2n) is 10.4. The maximum atomic E-state index is 14.1. The summed E-state index contributed by atoms with van der Waals surface area (Å²) in [5.41, 5.74) is 4.38. The summed E-state index contributed by atoms with van der Waals surface area (Å²) in [6, 6.07) is 18.9. The Morgan fingerprint density at radius 2 is 1.60 bits per heavy atom. The van der Waals surface area contributed by atoms with Gasteiger partial charge in [-0.05, 0) is 54.7 Å². The number of nitrogens with one attached hydrogen (secondary N) is 1. The normalized spacial score (nSPS) is 17.9. The molecule has 9 nitrogen and oxygen atoms in total. The minimum absolute atomic E-state index is 0.102. The molecule has 9 heteroatoms. The smallest absolute Gasteiger partial charge is 0.303 e. The molecule has 0 spiro atoms. The number of carboxylic acid groups (broad SMARTS) is 1. The molecule has 3 aromatic rings. The van der Waals surface area contributed by atoms with Gasteiger partial charge in [-0.2, -0.15) is 0 Å². The molecule has 0 saturated heterocycles. The van der Waals surface area contributed by atoms with Crippen molar-refractivity contribution in [2.45, 2.75) is 44.6 Å². The highest BCUT2D eigenvalue weighted by molar-refractivity contribution is 6.07. The fourth-order valence-corrected chi connectivity index (χ4v) is 5.76. The lowest BCUT2D eigenvalue weighted by molar-refractivity contribution is -0.138. The first kappa shape index (κ1) is 28.6. The van der Waals surface area contributed by atoms with Gasteiger partial charge in [-0.1, -0.05) is 42.5 Å². The number of carbonyl (C=O) groups is 4. The van der Waals surface area contributed by atoms with Crippen molar-refractivity contribution < 1.29 is 33.8 Å². The van der Waals surface area contributed by atoms with E-state index in [4.69, 9.17) is 9.47 Å². The molecule has 0 fully saturated rings. The number of nitrogens with zero attached hydrogens (tertiary/aromatic N) is 1. The number of ether oxygens (including phenoxy) is 2. The van der Waals surface area contributed by atoms with E-state index in [0.717, 1.165) is 5.56 Å². The molecule has 1 heterocycles. The second kappa shape index (κ2) is 11.9. The number of carbonyl (C=O) groups excluding carboxylic acids is 3. The molecule has 0 unspecified atom stereocenters. The highest BCUT2D eigenvalue weighted by Gasteiger charge is 2.41. The molecule has 1 aliphatic heterocycles. The summed E-state index contributed by atoms with van der Waals surface area (Å²) in [5.74, 6) is -0.738. The number of carboxylic acids is 1. The van der Waals surface area contributed by atoms with Crippen LogP contribution < -0.4 is 19.7 Å². The zero-order valence-corrected chi connectivity index (χ0v) is 23.7. The Kier molecular flexibility index (Phi) is 8.10. The number of methoxy groups -OCH3 is 2. The average Bonchev–Trinajstić information content (AvgIpc) is 3.14. The molecule has 0 radical (unpaired) electrons. The fraction of sp³-hybridized carbons (Fsp3) is 0.273. The van der Waals surface area contributed by atoms with Crippen LogP contribution in [-0.2, 0) is 14.4 Å². The first-order valence-electron chi connectivity index (χ1n) is 13.7. The molecular weight excluding hydrogens is 536 g/mol. The molecule has 3 aromatic carbocycles.